The molecule has 0 radical (unpaired) electrons. The van der Waals surface area contributed by atoms with Gasteiger partial charge in [-0.3, -0.25) is 0 Å². The van der Waals surface area contributed by atoms with Crippen LogP contribution in [0.5, 0.6) is 5.75 Å². The van der Waals surface area contributed by atoms with Gasteiger partial charge in [0.15, 0.2) is 0 Å². The summed E-state index contributed by atoms with van der Waals surface area (Å²) in [6.45, 7) is 0.375. The molecule has 2 N–H and O–H groups in total. The Morgan fingerprint density at radius 3 is 2.65 bits per heavy atom. The van der Waals surface area contributed by atoms with Crippen molar-refractivity contribution in [3.8, 4) is 17.0 Å². The van der Waals surface area contributed by atoms with Crippen molar-refractivity contribution < 1.29 is 4.74 Å². The fourth-order valence-electron chi connectivity index (χ4n) is 1.49. The summed E-state index contributed by atoms with van der Waals surface area (Å²) >= 11 is 5.96. The van der Waals surface area contributed by atoms with Gasteiger partial charge in [-0.05, 0) is 30.3 Å². The summed E-state index contributed by atoms with van der Waals surface area (Å²) < 4.78 is 5.26. The molecule has 1 aromatic carbocycles. The van der Waals surface area contributed by atoms with Crippen molar-refractivity contribution in [2.45, 2.75) is 6.54 Å². The maximum atomic E-state index is 5.96. The van der Waals surface area contributed by atoms with Crippen LogP contribution in [0.15, 0.2) is 30.3 Å². The predicted octanol–water partition coefficient (Wildman–Crippen LogP) is 2.26. The lowest BCUT2D eigenvalue weighted by molar-refractivity contribution is 0.416. The number of nitrogens with zero attached hydrogens (tertiary/aromatic N) is 2. The van der Waals surface area contributed by atoms with Crippen LogP contribution in [-0.2, 0) is 6.54 Å². The van der Waals surface area contributed by atoms with Crippen LogP contribution < -0.4 is 10.5 Å². The van der Waals surface area contributed by atoms with Crippen molar-refractivity contribution in [2.24, 2.45) is 5.73 Å². The SMILES string of the molecule is COc1ccc(Cl)cc1-c1ccc(CN)nn1. The first-order valence-electron chi connectivity index (χ1n) is 5.11. The van der Waals surface area contributed by atoms with Crippen LogP contribution >= 0.6 is 11.6 Å². The number of methoxy groups -OCH3 is 1. The molecule has 88 valence electrons. The van der Waals surface area contributed by atoms with Crippen molar-refractivity contribution in [2.75, 3.05) is 7.11 Å². The first-order valence-corrected chi connectivity index (χ1v) is 5.49. The molecule has 0 fully saturated rings. The van der Waals surface area contributed by atoms with Gasteiger partial charge in [0, 0.05) is 17.1 Å². The van der Waals surface area contributed by atoms with Gasteiger partial charge < -0.3 is 10.5 Å². The van der Waals surface area contributed by atoms with E-state index in [-0.39, 0.29) is 0 Å². The molecule has 2 rings (SSSR count). The second kappa shape index (κ2) is 5.12. The summed E-state index contributed by atoms with van der Waals surface area (Å²) in [5.41, 5.74) is 7.74. The fraction of sp³-hybridized carbons (Fsp3) is 0.167. The smallest absolute Gasteiger partial charge is 0.128 e. The van der Waals surface area contributed by atoms with E-state index in [4.69, 9.17) is 22.1 Å². The molecule has 0 aliphatic carbocycles. The Balaban J connectivity index is 2.47. The minimum Gasteiger partial charge on any atom is -0.496 e. The standard InChI is InChI=1S/C12H12ClN3O/c1-17-12-5-2-8(13)6-10(12)11-4-3-9(7-14)15-16-11/h2-6H,7,14H2,1H3. The highest BCUT2D eigenvalue weighted by molar-refractivity contribution is 6.30. The molecule has 4 nitrogen and oxygen atoms in total. The van der Waals surface area contributed by atoms with Gasteiger partial charge in [0.1, 0.15) is 5.75 Å². The van der Waals surface area contributed by atoms with E-state index in [1.165, 1.54) is 0 Å². The van der Waals surface area contributed by atoms with Crippen molar-refractivity contribution in [1.82, 2.24) is 10.2 Å². The number of ether oxygens (including phenoxy) is 1. The van der Waals surface area contributed by atoms with Crippen LogP contribution in [0.4, 0.5) is 0 Å². The van der Waals surface area contributed by atoms with Gasteiger partial charge in [-0.2, -0.15) is 10.2 Å². The lowest BCUT2D eigenvalue weighted by Gasteiger charge is -2.08. The summed E-state index contributed by atoms with van der Waals surface area (Å²) in [5.74, 6) is 0.712. The van der Waals surface area contributed by atoms with Gasteiger partial charge in [-0.15, -0.1) is 0 Å². The number of nitrogens with two attached hydrogens (primary N) is 1. The molecule has 0 saturated carbocycles. The predicted molar refractivity (Wildman–Crippen MR) is 66.9 cm³/mol. The molecule has 2 aromatic rings. The third-order valence-corrected chi connectivity index (χ3v) is 2.60. The monoisotopic (exact) mass is 249 g/mol. The van der Waals surface area contributed by atoms with E-state index in [1.54, 1.807) is 25.3 Å². The maximum absolute atomic E-state index is 5.96. The largest absolute Gasteiger partial charge is 0.496 e. The first kappa shape index (κ1) is 11.8. The third-order valence-electron chi connectivity index (χ3n) is 2.37. The average Bonchev–Trinajstić information content (AvgIpc) is 2.39. The van der Waals surface area contributed by atoms with E-state index < -0.39 is 0 Å². The highest BCUT2D eigenvalue weighted by Gasteiger charge is 2.08. The highest BCUT2D eigenvalue weighted by atomic mass is 35.5. The first-order chi connectivity index (χ1) is 8.24. The summed E-state index contributed by atoms with van der Waals surface area (Å²) in [6, 6.07) is 9.06. The van der Waals surface area contributed by atoms with E-state index in [2.05, 4.69) is 10.2 Å². The minimum atomic E-state index is 0.375. The number of halogens is 1. The molecular weight excluding hydrogens is 238 g/mol. The minimum absolute atomic E-state index is 0.375. The molecule has 17 heavy (non-hydrogen) atoms. The Morgan fingerprint density at radius 1 is 1.24 bits per heavy atom. The lowest BCUT2D eigenvalue weighted by atomic mass is 10.1. The number of aromatic nitrogens is 2. The molecule has 0 bridgehead atoms. The highest BCUT2D eigenvalue weighted by Crippen LogP contribution is 2.30. The normalized spacial score (nSPS) is 10.3. The van der Waals surface area contributed by atoms with E-state index in [1.807, 2.05) is 12.1 Å². The molecule has 0 saturated heterocycles. The number of hydrogen-bond acceptors (Lipinski definition) is 4. The Bertz CT molecular complexity index is 514. The van der Waals surface area contributed by atoms with Crippen LogP contribution in [0.25, 0.3) is 11.3 Å². The third kappa shape index (κ3) is 2.54. The second-order valence-corrected chi connectivity index (χ2v) is 3.90. The zero-order chi connectivity index (χ0) is 12.3. The molecule has 0 aliphatic rings. The van der Waals surface area contributed by atoms with Crippen LogP contribution in [0, 0.1) is 0 Å². The summed E-state index contributed by atoms with van der Waals surface area (Å²) in [6.07, 6.45) is 0. The average molecular weight is 250 g/mol. The molecule has 0 unspecified atom stereocenters. The molecule has 0 amide bonds. The van der Waals surface area contributed by atoms with E-state index >= 15 is 0 Å². The Hall–Kier alpha value is -1.65. The number of rotatable bonds is 3. The van der Waals surface area contributed by atoms with Gasteiger partial charge in [-0.1, -0.05) is 11.6 Å². The van der Waals surface area contributed by atoms with Crippen LogP contribution in [0.1, 0.15) is 5.69 Å². The van der Waals surface area contributed by atoms with Gasteiger partial charge >= 0.3 is 0 Å². The Labute approximate surface area is 104 Å². The van der Waals surface area contributed by atoms with E-state index in [9.17, 15) is 0 Å². The Kier molecular flexibility index (Phi) is 3.56. The maximum Gasteiger partial charge on any atom is 0.128 e. The molecule has 0 aliphatic heterocycles. The molecular formula is C12H12ClN3O. The topological polar surface area (TPSA) is 61.0 Å². The van der Waals surface area contributed by atoms with E-state index in [0.717, 1.165) is 11.3 Å². The van der Waals surface area contributed by atoms with Gasteiger partial charge in [0.25, 0.3) is 0 Å². The van der Waals surface area contributed by atoms with Gasteiger partial charge in [0.05, 0.1) is 18.5 Å². The number of benzene rings is 1. The lowest BCUT2D eigenvalue weighted by Crippen LogP contribution is -2.01. The van der Waals surface area contributed by atoms with E-state index in [0.29, 0.717) is 23.0 Å². The van der Waals surface area contributed by atoms with Crippen LogP contribution in [0.3, 0.4) is 0 Å². The number of hydrogen-bond donors (Lipinski definition) is 1. The summed E-state index contributed by atoms with van der Waals surface area (Å²) in [4.78, 5) is 0. The summed E-state index contributed by atoms with van der Waals surface area (Å²) in [7, 11) is 1.61. The fourth-order valence-corrected chi connectivity index (χ4v) is 1.66. The van der Waals surface area contributed by atoms with Crippen molar-refractivity contribution >= 4 is 11.6 Å². The zero-order valence-corrected chi connectivity index (χ0v) is 10.1. The molecule has 1 aromatic heterocycles. The van der Waals surface area contributed by atoms with Gasteiger partial charge in [-0.25, -0.2) is 0 Å². The van der Waals surface area contributed by atoms with Crippen molar-refractivity contribution in [3.05, 3.63) is 41.0 Å². The Morgan fingerprint density at radius 2 is 2.06 bits per heavy atom. The molecule has 1 heterocycles. The second-order valence-electron chi connectivity index (χ2n) is 3.46. The summed E-state index contributed by atoms with van der Waals surface area (Å²) in [5, 5.41) is 8.74. The zero-order valence-electron chi connectivity index (χ0n) is 9.35. The van der Waals surface area contributed by atoms with Crippen molar-refractivity contribution in [3.63, 3.8) is 0 Å². The molecule has 5 heteroatoms. The van der Waals surface area contributed by atoms with Gasteiger partial charge in [0.2, 0.25) is 0 Å². The quantitative estimate of drug-likeness (QED) is 0.907. The molecule has 0 spiro atoms. The van der Waals surface area contributed by atoms with Crippen molar-refractivity contribution in [1.29, 1.82) is 0 Å². The van der Waals surface area contributed by atoms with Crippen LogP contribution in [0.2, 0.25) is 5.02 Å². The molecule has 0 atom stereocenters. The van der Waals surface area contributed by atoms with Crippen LogP contribution in [-0.4, -0.2) is 17.3 Å².